The van der Waals surface area contributed by atoms with Crippen LogP contribution in [0.25, 0.3) is 76.7 Å². The van der Waals surface area contributed by atoms with Crippen molar-refractivity contribution in [2.75, 3.05) is 42.4 Å². The lowest BCUT2D eigenvalue weighted by Gasteiger charge is -2.12. The number of rotatable bonds is 14. The Morgan fingerprint density at radius 3 is 1.93 bits per heavy atom. The maximum absolute atomic E-state index is 13.5. The Bertz CT molecular complexity index is 2820. The minimum atomic E-state index is -1.32. The molecule has 8 rings (SSSR count). The number of nitrogens with two attached hydrogens (primary N) is 3. The van der Waals surface area contributed by atoms with Gasteiger partial charge in [-0.15, -0.1) is 22.7 Å². The zero-order chi connectivity index (χ0) is 40.5. The van der Waals surface area contributed by atoms with Crippen LogP contribution in [0.3, 0.4) is 0 Å². The Morgan fingerprint density at radius 2 is 1.33 bits per heavy atom. The van der Waals surface area contributed by atoms with Gasteiger partial charge in [0.1, 0.15) is 29.7 Å². The average Bonchev–Trinajstić information content (AvgIpc) is 3.91. The fourth-order valence-corrected chi connectivity index (χ4v) is 12.3. The largest absolute Gasteiger partial charge is 0.396 e. The van der Waals surface area contributed by atoms with E-state index < -0.39 is 21.6 Å². The van der Waals surface area contributed by atoms with E-state index in [4.69, 9.17) is 36.9 Å². The standard InChI is InChI=1S/C42H41N9O3S4/c1-4-5-17-57(52)41-36(44)34-28(19-30(49-39(34)55-41)27-13-14-33(43)47-22-27)24-9-11-25(12-10-24)38-48-23-32(51(38)2)29-20-31(26-8-6-15-46-21-26)50-40-35(29)37(45)42(56-40)58(53)18-7-16-54-3/h6,8-15,19-23H,4-5,7,16-18,44-45H2,1-3H3,(H2,43,47)/t57-,58+/m0/s1. The van der Waals surface area contributed by atoms with Crippen molar-refractivity contribution in [1.29, 1.82) is 0 Å². The van der Waals surface area contributed by atoms with Gasteiger partial charge in [-0.2, -0.15) is 0 Å². The second kappa shape index (κ2) is 16.8. The second-order valence-corrected chi connectivity index (χ2v) is 19.2. The molecule has 12 nitrogen and oxygen atoms in total. The van der Waals surface area contributed by atoms with Crippen LogP contribution in [0.5, 0.6) is 0 Å². The van der Waals surface area contributed by atoms with E-state index in [1.54, 1.807) is 31.8 Å². The van der Waals surface area contributed by atoms with Crippen LogP contribution in [0, 0.1) is 0 Å². The van der Waals surface area contributed by atoms with Crippen LogP contribution in [0.15, 0.2) is 93.9 Å². The highest BCUT2D eigenvalue weighted by Crippen LogP contribution is 2.45. The summed E-state index contributed by atoms with van der Waals surface area (Å²) in [5.41, 5.74) is 27.9. The molecule has 0 unspecified atom stereocenters. The lowest BCUT2D eigenvalue weighted by Crippen LogP contribution is -2.02. The smallest absolute Gasteiger partial charge is 0.140 e. The summed E-state index contributed by atoms with van der Waals surface area (Å²) in [6.45, 7) is 2.60. The van der Waals surface area contributed by atoms with Crippen LogP contribution in [0.1, 0.15) is 26.2 Å². The minimum Gasteiger partial charge on any atom is -0.396 e. The summed E-state index contributed by atoms with van der Waals surface area (Å²) in [6, 6.07) is 19.6. The Labute approximate surface area is 348 Å². The molecule has 2 atom stereocenters. The number of aromatic nitrogens is 6. The molecular weight excluding hydrogens is 807 g/mol. The zero-order valence-corrected chi connectivity index (χ0v) is 35.4. The molecule has 16 heteroatoms. The highest BCUT2D eigenvalue weighted by molar-refractivity contribution is 7.88. The molecule has 0 saturated carbocycles. The van der Waals surface area contributed by atoms with Crippen LogP contribution in [-0.2, 0) is 33.4 Å². The molecule has 0 radical (unpaired) electrons. The van der Waals surface area contributed by atoms with Crippen molar-refractivity contribution in [3.8, 4) is 56.3 Å². The van der Waals surface area contributed by atoms with Gasteiger partial charge in [0.15, 0.2) is 0 Å². The number of imidazole rings is 1. The summed E-state index contributed by atoms with van der Waals surface area (Å²) in [7, 11) is 1.05. The average molecular weight is 848 g/mol. The minimum absolute atomic E-state index is 0.419. The van der Waals surface area contributed by atoms with Gasteiger partial charge in [-0.1, -0.05) is 37.6 Å². The summed E-state index contributed by atoms with van der Waals surface area (Å²) < 4.78 is 35.3. The third-order valence-electron chi connectivity index (χ3n) is 9.86. The number of fused-ring (bicyclic) bond motifs is 2. The third-order valence-corrected chi connectivity index (χ3v) is 15.9. The number of ether oxygens (including phenoxy) is 1. The molecular formula is C42H41N9O3S4. The molecule has 8 aromatic rings. The summed E-state index contributed by atoms with van der Waals surface area (Å²) in [5, 5.41) is 1.53. The molecule has 0 aliphatic rings. The SMILES string of the molecule is CCCC[S@](=O)c1sc2nc(-c3ccc(N)nc3)cc(-c3ccc(-c4ncc(-c5cc(-c6cccnc6)nc6sc([S@](=O)CCCOC)c(N)c56)n4C)cc3)c2c1N. The van der Waals surface area contributed by atoms with E-state index in [0.717, 1.165) is 74.2 Å². The van der Waals surface area contributed by atoms with Gasteiger partial charge in [0.25, 0.3) is 0 Å². The first-order chi connectivity index (χ1) is 28.2. The first-order valence-corrected chi connectivity index (χ1v) is 22.9. The molecule has 0 bridgehead atoms. The van der Waals surface area contributed by atoms with Crippen molar-refractivity contribution in [2.45, 2.75) is 34.6 Å². The van der Waals surface area contributed by atoms with Gasteiger partial charge in [-0.25, -0.2) is 19.9 Å². The van der Waals surface area contributed by atoms with Gasteiger partial charge >= 0.3 is 0 Å². The highest BCUT2D eigenvalue weighted by atomic mass is 32.2. The first kappa shape index (κ1) is 39.4. The number of hydrogen-bond donors (Lipinski definition) is 3. The van der Waals surface area contributed by atoms with Crippen LogP contribution >= 0.6 is 22.7 Å². The Balaban J connectivity index is 1.21. The van der Waals surface area contributed by atoms with Crippen molar-refractivity contribution >= 4 is 81.9 Å². The van der Waals surface area contributed by atoms with E-state index in [2.05, 4.69) is 16.9 Å². The quantitative estimate of drug-likeness (QED) is 0.0889. The van der Waals surface area contributed by atoms with Gasteiger partial charge in [0.2, 0.25) is 0 Å². The van der Waals surface area contributed by atoms with Crippen LogP contribution in [0.2, 0.25) is 0 Å². The molecule has 0 aliphatic heterocycles. The fourth-order valence-electron chi connectivity index (χ4n) is 6.86. The van der Waals surface area contributed by atoms with E-state index in [1.165, 1.54) is 22.7 Å². The maximum atomic E-state index is 13.5. The van der Waals surface area contributed by atoms with E-state index in [1.807, 2.05) is 72.4 Å². The predicted octanol–water partition coefficient (Wildman–Crippen LogP) is 8.56. The number of benzene rings is 1. The van der Waals surface area contributed by atoms with E-state index in [0.29, 0.717) is 65.5 Å². The number of methoxy groups -OCH3 is 1. The monoisotopic (exact) mass is 847 g/mol. The molecule has 0 amide bonds. The molecule has 58 heavy (non-hydrogen) atoms. The zero-order valence-electron chi connectivity index (χ0n) is 32.1. The van der Waals surface area contributed by atoms with Gasteiger partial charge in [-0.05, 0) is 60.4 Å². The van der Waals surface area contributed by atoms with Gasteiger partial charge in [0, 0.05) is 83.9 Å². The Hall–Kier alpha value is -5.39. The predicted molar refractivity (Wildman–Crippen MR) is 240 cm³/mol. The maximum Gasteiger partial charge on any atom is 0.140 e. The van der Waals surface area contributed by atoms with Crippen molar-refractivity contribution in [3.63, 3.8) is 0 Å². The number of pyridine rings is 4. The van der Waals surface area contributed by atoms with Crippen molar-refractivity contribution in [2.24, 2.45) is 7.05 Å². The number of hydrogen-bond acceptors (Lipinski definition) is 13. The molecule has 7 aromatic heterocycles. The Morgan fingerprint density at radius 1 is 0.724 bits per heavy atom. The fraction of sp³-hybridized carbons (Fsp3) is 0.214. The van der Waals surface area contributed by atoms with Gasteiger partial charge in [0.05, 0.1) is 56.3 Å². The molecule has 0 spiro atoms. The van der Waals surface area contributed by atoms with E-state index in [9.17, 15) is 8.42 Å². The third kappa shape index (κ3) is 7.53. The number of anilines is 3. The highest BCUT2D eigenvalue weighted by Gasteiger charge is 2.24. The normalized spacial score (nSPS) is 12.7. The molecule has 296 valence electrons. The molecule has 7 heterocycles. The molecule has 6 N–H and O–H groups in total. The van der Waals surface area contributed by atoms with Gasteiger partial charge < -0.3 is 26.5 Å². The number of nitrogens with zero attached hydrogens (tertiary/aromatic N) is 6. The van der Waals surface area contributed by atoms with E-state index >= 15 is 0 Å². The van der Waals surface area contributed by atoms with Crippen molar-refractivity contribution in [1.82, 2.24) is 29.5 Å². The summed E-state index contributed by atoms with van der Waals surface area (Å²) in [5.74, 6) is 2.14. The van der Waals surface area contributed by atoms with Crippen molar-refractivity contribution in [3.05, 3.63) is 85.5 Å². The molecule has 0 aliphatic carbocycles. The van der Waals surface area contributed by atoms with Crippen molar-refractivity contribution < 1.29 is 13.2 Å². The first-order valence-electron chi connectivity index (χ1n) is 18.6. The summed E-state index contributed by atoms with van der Waals surface area (Å²) >= 11 is 2.74. The van der Waals surface area contributed by atoms with Crippen LogP contribution in [0.4, 0.5) is 17.2 Å². The molecule has 0 fully saturated rings. The lowest BCUT2D eigenvalue weighted by molar-refractivity contribution is 0.200. The lowest BCUT2D eigenvalue weighted by atomic mass is 9.99. The van der Waals surface area contributed by atoms with Gasteiger partial charge in [-0.3, -0.25) is 13.4 Å². The van der Waals surface area contributed by atoms with Crippen LogP contribution < -0.4 is 17.2 Å². The second-order valence-electron chi connectivity index (χ2n) is 13.7. The van der Waals surface area contributed by atoms with E-state index in [-0.39, 0.29) is 0 Å². The number of thiophene rings is 2. The number of nitrogen functional groups attached to an aromatic ring is 3. The van der Waals surface area contributed by atoms with Crippen LogP contribution in [-0.4, -0.2) is 63.1 Å². The molecule has 0 saturated heterocycles. The number of unbranched alkanes of at least 4 members (excludes halogenated alkanes) is 1. The Kier molecular flexibility index (Phi) is 11.4. The topological polar surface area (TPSA) is 191 Å². The summed E-state index contributed by atoms with van der Waals surface area (Å²) in [4.78, 5) is 24.9. The summed E-state index contributed by atoms with van der Waals surface area (Å²) in [6.07, 6.45) is 9.48. The molecule has 1 aromatic carbocycles.